The van der Waals surface area contributed by atoms with Gasteiger partial charge in [0.15, 0.2) is 0 Å². The SMILES string of the molecule is COc1cccc(-c2cccc(CN3CCC(O)(c4cccnc4)CC3)c2)c1. The van der Waals surface area contributed by atoms with Gasteiger partial charge < -0.3 is 9.84 Å². The van der Waals surface area contributed by atoms with Crippen LogP contribution in [0.1, 0.15) is 24.0 Å². The van der Waals surface area contributed by atoms with Crippen molar-refractivity contribution in [3.63, 3.8) is 0 Å². The van der Waals surface area contributed by atoms with E-state index in [1.807, 2.05) is 24.3 Å². The summed E-state index contributed by atoms with van der Waals surface area (Å²) in [5.74, 6) is 0.869. The largest absolute Gasteiger partial charge is 0.497 e. The van der Waals surface area contributed by atoms with Crippen molar-refractivity contribution in [2.75, 3.05) is 20.2 Å². The number of pyridine rings is 1. The van der Waals surface area contributed by atoms with E-state index in [2.05, 4.69) is 46.3 Å². The molecule has 4 heteroatoms. The molecule has 1 saturated heterocycles. The Hall–Kier alpha value is -2.69. The molecule has 0 amide bonds. The fraction of sp³-hybridized carbons (Fsp3) is 0.292. The maximum absolute atomic E-state index is 11.0. The molecular weight excluding hydrogens is 348 g/mol. The van der Waals surface area contributed by atoms with Crippen LogP contribution in [0.15, 0.2) is 73.1 Å². The molecule has 0 spiro atoms. The fourth-order valence-electron chi connectivity index (χ4n) is 3.92. The number of nitrogens with zero attached hydrogens (tertiary/aromatic N) is 2. The van der Waals surface area contributed by atoms with Crippen LogP contribution in [-0.2, 0) is 12.1 Å². The summed E-state index contributed by atoms with van der Waals surface area (Å²) in [6, 6.07) is 20.7. The molecule has 0 unspecified atom stereocenters. The maximum atomic E-state index is 11.0. The van der Waals surface area contributed by atoms with Crippen LogP contribution in [0.5, 0.6) is 5.75 Å². The molecule has 0 atom stereocenters. The predicted octanol–water partition coefficient (Wildman–Crippen LogP) is 4.24. The lowest BCUT2D eigenvalue weighted by molar-refractivity contribution is -0.0279. The molecule has 1 aliphatic rings. The summed E-state index contributed by atoms with van der Waals surface area (Å²) in [5.41, 5.74) is 3.81. The second-order valence-electron chi connectivity index (χ2n) is 7.48. The first-order valence-electron chi connectivity index (χ1n) is 9.75. The van der Waals surface area contributed by atoms with Crippen molar-refractivity contribution in [2.24, 2.45) is 0 Å². The molecule has 144 valence electrons. The molecule has 2 aromatic carbocycles. The quantitative estimate of drug-likeness (QED) is 0.726. The molecule has 3 aromatic rings. The number of hydrogen-bond donors (Lipinski definition) is 1. The average molecular weight is 374 g/mol. The van der Waals surface area contributed by atoms with Gasteiger partial charge >= 0.3 is 0 Å². The molecule has 0 aliphatic carbocycles. The Labute approximate surface area is 166 Å². The van der Waals surface area contributed by atoms with Crippen molar-refractivity contribution in [1.82, 2.24) is 9.88 Å². The molecule has 4 nitrogen and oxygen atoms in total. The molecule has 4 rings (SSSR count). The first kappa shape index (κ1) is 18.7. The van der Waals surface area contributed by atoms with Crippen LogP contribution in [-0.4, -0.2) is 35.2 Å². The van der Waals surface area contributed by atoms with Crippen molar-refractivity contribution in [3.05, 3.63) is 84.2 Å². The Kier molecular flexibility index (Phi) is 5.42. The van der Waals surface area contributed by atoms with E-state index in [4.69, 9.17) is 4.74 Å². The number of aliphatic hydroxyl groups is 1. The van der Waals surface area contributed by atoms with Gasteiger partial charge in [-0.25, -0.2) is 0 Å². The zero-order chi connectivity index (χ0) is 19.4. The molecule has 1 fully saturated rings. The minimum Gasteiger partial charge on any atom is -0.497 e. The van der Waals surface area contributed by atoms with E-state index >= 15 is 0 Å². The standard InChI is InChI=1S/C24H26N2O2/c1-28-23-9-3-7-21(16-23)20-6-2-5-19(15-20)18-26-13-10-24(27,11-14-26)22-8-4-12-25-17-22/h2-9,12,15-17,27H,10-11,13-14,18H2,1H3. The highest BCUT2D eigenvalue weighted by molar-refractivity contribution is 5.65. The van der Waals surface area contributed by atoms with Crippen molar-refractivity contribution in [3.8, 4) is 16.9 Å². The van der Waals surface area contributed by atoms with E-state index in [0.717, 1.165) is 49.4 Å². The van der Waals surface area contributed by atoms with E-state index in [1.54, 1.807) is 19.5 Å². The van der Waals surface area contributed by atoms with Gasteiger partial charge in [-0.1, -0.05) is 36.4 Å². The summed E-state index contributed by atoms with van der Waals surface area (Å²) >= 11 is 0. The van der Waals surface area contributed by atoms with Gasteiger partial charge in [0.25, 0.3) is 0 Å². The van der Waals surface area contributed by atoms with Crippen LogP contribution in [0.3, 0.4) is 0 Å². The van der Waals surface area contributed by atoms with E-state index in [9.17, 15) is 5.11 Å². The van der Waals surface area contributed by atoms with Crippen molar-refractivity contribution in [2.45, 2.75) is 25.0 Å². The van der Waals surface area contributed by atoms with Gasteiger partial charge in [0.2, 0.25) is 0 Å². The number of ether oxygens (including phenoxy) is 1. The van der Waals surface area contributed by atoms with E-state index in [-0.39, 0.29) is 0 Å². The van der Waals surface area contributed by atoms with Gasteiger partial charge in [-0.05, 0) is 53.8 Å². The summed E-state index contributed by atoms with van der Waals surface area (Å²) in [6.45, 7) is 2.63. The van der Waals surface area contributed by atoms with Gasteiger partial charge in [-0.3, -0.25) is 9.88 Å². The summed E-state index contributed by atoms with van der Waals surface area (Å²) in [7, 11) is 1.69. The molecule has 1 aliphatic heterocycles. The van der Waals surface area contributed by atoms with Crippen LogP contribution in [0, 0.1) is 0 Å². The zero-order valence-electron chi connectivity index (χ0n) is 16.2. The van der Waals surface area contributed by atoms with Crippen LogP contribution >= 0.6 is 0 Å². The summed E-state index contributed by atoms with van der Waals surface area (Å²) in [4.78, 5) is 6.57. The minimum atomic E-state index is -0.757. The molecule has 0 saturated carbocycles. The Morgan fingerprint density at radius 1 is 1.00 bits per heavy atom. The first-order valence-corrected chi connectivity index (χ1v) is 9.75. The Balaban J connectivity index is 1.43. The summed E-state index contributed by atoms with van der Waals surface area (Å²) < 4.78 is 5.35. The number of likely N-dealkylation sites (tertiary alicyclic amines) is 1. The Morgan fingerprint density at radius 2 is 1.75 bits per heavy atom. The number of benzene rings is 2. The molecule has 1 N–H and O–H groups in total. The fourth-order valence-corrected chi connectivity index (χ4v) is 3.92. The molecule has 0 bridgehead atoms. The number of aromatic nitrogens is 1. The summed E-state index contributed by atoms with van der Waals surface area (Å²) in [5, 5.41) is 11.0. The minimum absolute atomic E-state index is 0.730. The lowest BCUT2D eigenvalue weighted by Crippen LogP contribution is -2.42. The predicted molar refractivity (Wildman–Crippen MR) is 111 cm³/mol. The van der Waals surface area contributed by atoms with Crippen molar-refractivity contribution < 1.29 is 9.84 Å². The second kappa shape index (κ2) is 8.13. The topological polar surface area (TPSA) is 45.6 Å². The van der Waals surface area contributed by atoms with Crippen LogP contribution < -0.4 is 4.74 Å². The average Bonchev–Trinajstić information content (AvgIpc) is 2.76. The molecule has 0 radical (unpaired) electrons. The highest BCUT2D eigenvalue weighted by Gasteiger charge is 2.34. The van der Waals surface area contributed by atoms with Gasteiger partial charge in [0.1, 0.15) is 5.75 Å². The van der Waals surface area contributed by atoms with Gasteiger partial charge in [-0.2, -0.15) is 0 Å². The van der Waals surface area contributed by atoms with Crippen LogP contribution in [0.25, 0.3) is 11.1 Å². The van der Waals surface area contributed by atoms with E-state index in [0.29, 0.717) is 0 Å². The normalized spacial score (nSPS) is 16.6. The third kappa shape index (κ3) is 4.08. The zero-order valence-corrected chi connectivity index (χ0v) is 16.2. The third-order valence-electron chi connectivity index (χ3n) is 5.62. The number of methoxy groups -OCH3 is 1. The molecular formula is C24H26N2O2. The van der Waals surface area contributed by atoms with Gasteiger partial charge in [0, 0.05) is 37.6 Å². The van der Waals surface area contributed by atoms with Crippen LogP contribution in [0.2, 0.25) is 0 Å². The number of rotatable bonds is 5. The molecule has 28 heavy (non-hydrogen) atoms. The highest BCUT2D eigenvalue weighted by Crippen LogP contribution is 2.33. The van der Waals surface area contributed by atoms with Crippen molar-refractivity contribution in [1.29, 1.82) is 0 Å². The van der Waals surface area contributed by atoms with Crippen LogP contribution in [0.4, 0.5) is 0 Å². The Morgan fingerprint density at radius 3 is 2.46 bits per heavy atom. The van der Waals surface area contributed by atoms with Gasteiger partial charge in [-0.15, -0.1) is 0 Å². The Bertz CT molecular complexity index is 919. The lowest BCUT2D eigenvalue weighted by Gasteiger charge is -2.38. The summed E-state index contributed by atoms with van der Waals surface area (Å²) in [6.07, 6.45) is 4.99. The smallest absolute Gasteiger partial charge is 0.119 e. The number of hydrogen-bond acceptors (Lipinski definition) is 4. The first-order chi connectivity index (χ1) is 13.7. The molecule has 1 aromatic heterocycles. The highest BCUT2D eigenvalue weighted by atomic mass is 16.5. The van der Waals surface area contributed by atoms with E-state index < -0.39 is 5.60 Å². The van der Waals surface area contributed by atoms with Crippen molar-refractivity contribution >= 4 is 0 Å². The van der Waals surface area contributed by atoms with E-state index in [1.165, 1.54) is 11.1 Å². The third-order valence-corrected chi connectivity index (χ3v) is 5.62. The molecule has 2 heterocycles. The maximum Gasteiger partial charge on any atom is 0.119 e. The second-order valence-corrected chi connectivity index (χ2v) is 7.48. The number of piperidine rings is 1. The van der Waals surface area contributed by atoms with Gasteiger partial charge in [0.05, 0.1) is 12.7 Å². The monoisotopic (exact) mass is 374 g/mol. The lowest BCUT2D eigenvalue weighted by atomic mass is 9.85.